The first-order valence-corrected chi connectivity index (χ1v) is 12.3. The lowest BCUT2D eigenvalue weighted by atomic mass is 9.87. The molecule has 0 bridgehead atoms. The number of halogens is 1. The third kappa shape index (κ3) is 3.71. The number of rotatable bonds is 4. The molecule has 33 heavy (non-hydrogen) atoms. The second-order valence-electron chi connectivity index (χ2n) is 8.39. The summed E-state index contributed by atoms with van der Waals surface area (Å²) in [6, 6.07) is 23.5. The summed E-state index contributed by atoms with van der Waals surface area (Å²) in [5.74, 6) is 0.935. The molecule has 0 radical (unpaired) electrons. The zero-order valence-electron chi connectivity index (χ0n) is 17.8. The Kier molecular flexibility index (Phi) is 5.15. The van der Waals surface area contributed by atoms with Gasteiger partial charge in [0, 0.05) is 10.0 Å². The molecule has 0 amide bonds. The van der Waals surface area contributed by atoms with E-state index in [-0.39, 0.29) is 6.04 Å². The lowest BCUT2D eigenvalue weighted by molar-refractivity contribution is 0.599. The normalized spacial score (nSPS) is 15.5. The van der Waals surface area contributed by atoms with Crippen molar-refractivity contribution in [3.8, 4) is 16.9 Å². The first kappa shape index (κ1) is 20.4. The third-order valence-corrected chi connectivity index (χ3v) is 7.12. The Morgan fingerprint density at radius 3 is 2.88 bits per heavy atom. The van der Waals surface area contributed by atoms with Crippen LogP contribution in [0.4, 0.5) is 5.82 Å². The van der Waals surface area contributed by atoms with Gasteiger partial charge in [-0.2, -0.15) is 0 Å². The van der Waals surface area contributed by atoms with Gasteiger partial charge in [0.15, 0.2) is 4.77 Å². The van der Waals surface area contributed by atoms with Gasteiger partial charge in [0.25, 0.3) is 0 Å². The summed E-state index contributed by atoms with van der Waals surface area (Å²) < 4.78 is 3.78. The van der Waals surface area contributed by atoms with Crippen LogP contribution in [0.25, 0.3) is 28.0 Å². The fraction of sp³-hybridized carbons (Fsp3) is 0.154. The van der Waals surface area contributed by atoms with Crippen LogP contribution in [-0.4, -0.2) is 19.5 Å². The van der Waals surface area contributed by atoms with Gasteiger partial charge >= 0.3 is 0 Å². The number of aromatic nitrogens is 4. The number of nitrogens with one attached hydrogen (secondary N) is 3. The van der Waals surface area contributed by atoms with E-state index in [1.807, 2.05) is 12.1 Å². The van der Waals surface area contributed by atoms with E-state index in [1.165, 1.54) is 17.5 Å². The second-order valence-corrected chi connectivity index (χ2v) is 9.69. The van der Waals surface area contributed by atoms with E-state index in [2.05, 4.69) is 95.4 Å². The molecule has 1 atom stereocenters. The summed E-state index contributed by atoms with van der Waals surface area (Å²) in [5, 5.41) is 3.81. The maximum absolute atomic E-state index is 5.85. The number of aryl methyl sites for hydroxylation is 1. The number of fused-ring (bicyclic) bond motifs is 2. The molecule has 1 aliphatic carbocycles. The quantitative estimate of drug-likeness (QED) is 0.219. The zero-order valence-corrected chi connectivity index (χ0v) is 20.2. The van der Waals surface area contributed by atoms with E-state index in [9.17, 15) is 0 Å². The molecule has 0 aliphatic heterocycles. The minimum absolute atomic E-state index is 0.234. The monoisotopic (exact) mass is 515 g/mol. The average molecular weight is 516 g/mol. The first-order valence-electron chi connectivity index (χ1n) is 11.1. The Hall–Kier alpha value is -3.16. The summed E-state index contributed by atoms with van der Waals surface area (Å²) in [6.07, 6.45) is 5.10. The van der Waals surface area contributed by atoms with Crippen molar-refractivity contribution in [3.05, 3.63) is 93.4 Å². The minimum Gasteiger partial charge on any atom is -0.363 e. The molecule has 2 aromatic heterocycles. The van der Waals surface area contributed by atoms with Crippen molar-refractivity contribution in [1.29, 1.82) is 0 Å². The fourth-order valence-corrected chi connectivity index (χ4v) is 5.53. The van der Waals surface area contributed by atoms with Crippen molar-refractivity contribution in [3.63, 3.8) is 0 Å². The molecule has 0 spiro atoms. The molecule has 5 nitrogen and oxygen atoms in total. The van der Waals surface area contributed by atoms with Crippen molar-refractivity contribution >= 4 is 45.0 Å². The molecule has 1 unspecified atom stereocenters. The van der Waals surface area contributed by atoms with Crippen molar-refractivity contribution < 1.29 is 0 Å². The Morgan fingerprint density at radius 1 is 1.06 bits per heavy atom. The second kappa shape index (κ2) is 8.32. The van der Waals surface area contributed by atoms with Crippen LogP contribution in [0, 0.1) is 4.77 Å². The molecule has 7 heteroatoms. The summed E-state index contributed by atoms with van der Waals surface area (Å²) in [6.45, 7) is 0. The van der Waals surface area contributed by atoms with Crippen LogP contribution in [0.15, 0.2) is 77.5 Å². The zero-order chi connectivity index (χ0) is 22.4. The van der Waals surface area contributed by atoms with Gasteiger partial charge in [-0.15, -0.1) is 0 Å². The number of benzene rings is 3. The highest BCUT2D eigenvalue weighted by atomic mass is 79.9. The lowest BCUT2D eigenvalue weighted by Crippen LogP contribution is -2.18. The average Bonchev–Trinajstić information content (AvgIpc) is 3.42. The van der Waals surface area contributed by atoms with Gasteiger partial charge in [0.2, 0.25) is 0 Å². The van der Waals surface area contributed by atoms with Gasteiger partial charge in [-0.25, -0.2) is 4.98 Å². The standard InChI is InChI=1S/C26H22BrN5S/c27-18-8-3-7-17(13-18)24-25(30-21-10-4-6-16-5-1-2-9-20(16)21)31-26(33)32(24)19-11-12-22-23(14-19)29-15-28-22/h1-3,5,7-9,11-15,21,30H,4,6,10H2,(H,28,29)(H,31,33). The van der Waals surface area contributed by atoms with E-state index < -0.39 is 0 Å². The summed E-state index contributed by atoms with van der Waals surface area (Å²) in [4.78, 5) is 11.0. The van der Waals surface area contributed by atoms with E-state index in [4.69, 9.17) is 12.2 Å². The molecule has 3 N–H and O–H groups in total. The van der Waals surface area contributed by atoms with E-state index in [0.717, 1.165) is 51.1 Å². The predicted molar refractivity (Wildman–Crippen MR) is 139 cm³/mol. The van der Waals surface area contributed by atoms with Crippen LogP contribution in [-0.2, 0) is 6.42 Å². The van der Waals surface area contributed by atoms with Crippen LogP contribution in [0.5, 0.6) is 0 Å². The molecule has 2 heterocycles. The fourth-order valence-electron chi connectivity index (χ4n) is 4.84. The number of imidazole rings is 2. The first-order chi connectivity index (χ1) is 16.2. The summed E-state index contributed by atoms with van der Waals surface area (Å²) in [7, 11) is 0. The molecule has 5 aromatic rings. The SMILES string of the molecule is S=c1[nH]c(NC2CCCc3ccccc32)c(-c2cccc(Br)c2)n1-c1ccc2nc[nH]c2c1. The maximum Gasteiger partial charge on any atom is 0.183 e. The summed E-state index contributed by atoms with van der Waals surface area (Å²) in [5.41, 5.74) is 7.78. The van der Waals surface area contributed by atoms with Crippen LogP contribution in [0.1, 0.15) is 30.0 Å². The van der Waals surface area contributed by atoms with Crippen molar-refractivity contribution in [1.82, 2.24) is 19.5 Å². The highest BCUT2D eigenvalue weighted by Crippen LogP contribution is 2.37. The Balaban J connectivity index is 1.52. The molecule has 0 saturated heterocycles. The molecular weight excluding hydrogens is 494 g/mol. The van der Waals surface area contributed by atoms with Crippen molar-refractivity contribution in [2.45, 2.75) is 25.3 Å². The van der Waals surface area contributed by atoms with Gasteiger partial charge in [0.1, 0.15) is 5.82 Å². The van der Waals surface area contributed by atoms with Gasteiger partial charge in [-0.1, -0.05) is 52.3 Å². The molecule has 1 aliphatic rings. The van der Waals surface area contributed by atoms with Gasteiger partial charge in [-0.05, 0) is 72.9 Å². The van der Waals surface area contributed by atoms with Crippen molar-refractivity contribution in [2.75, 3.05) is 5.32 Å². The predicted octanol–water partition coefficient (Wildman–Crippen LogP) is 7.33. The number of H-pyrrole nitrogens is 2. The number of aromatic amines is 2. The van der Waals surface area contributed by atoms with Gasteiger partial charge < -0.3 is 15.3 Å². The number of anilines is 1. The molecule has 164 valence electrons. The molecule has 3 aromatic carbocycles. The van der Waals surface area contributed by atoms with Gasteiger partial charge in [0.05, 0.1) is 34.8 Å². The highest BCUT2D eigenvalue weighted by molar-refractivity contribution is 9.10. The van der Waals surface area contributed by atoms with Gasteiger partial charge in [-0.3, -0.25) is 4.57 Å². The van der Waals surface area contributed by atoms with E-state index >= 15 is 0 Å². The Labute approximate surface area is 205 Å². The number of hydrogen-bond acceptors (Lipinski definition) is 3. The molecule has 0 fully saturated rings. The lowest BCUT2D eigenvalue weighted by Gasteiger charge is -2.27. The molecule has 6 rings (SSSR count). The largest absolute Gasteiger partial charge is 0.363 e. The van der Waals surface area contributed by atoms with Crippen molar-refractivity contribution in [2.24, 2.45) is 0 Å². The third-order valence-electron chi connectivity index (χ3n) is 6.34. The maximum atomic E-state index is 5.85. The number of hydrogen-bond donors (Lipinski definition) is 3. The molecular formula is C26H22BrN5S. The van der Waals surface area contributed by atoms with Crippen LogP contribution in [0.2, 0.25) is 0 Å². The smallest absolute Gasteiger partial charge is 0.183 e. The highest BCUT2D eigenvalue weighted by Gasteiger charge is 2.23. The topological polar surface area (TPSA) is 61.4 Å². The van der Waals surface area contributed by atoms with Crippen LogP contribution in [0.3, 0.4) is 0 Å². The Bertz CT molecular complexity index is 1530. The van der Waals surface area contributed by atoms with Crippen LogP contribution >= 0.6 is 28.1 Å². The summed E-state index contributed by atoms with van der Waals surface area (Å²) >= 11 is 9.49. The van der Waals surface area contributed by atoms with Crippen LogP contribution < -0.4 is 5.32 Å². The number of nitrogens with zero attached hydrogens (tertiary/aromatic N) is 2. The van der Waals surface area contributed by atoms with E-state index in [0.29, 0.717) is 4.77 Å². The minimum atomic E-state index is 0.234. The molecule has 0 saturated carbocycles. The van der Waals surface area contributed by atoms with E-state index in [1.54, 1.807) is 6.33 Å². The Morgan fingerprint density at radius 2 is 1.97 bits per heavy atom.